The highest BCUT2D eigenvalue weighted by molar-refractivity contribution is 5.86. The van der Waals surface area contributed by atoms with E-state index in [0.29, 0.717) is 29.5 Å². The molecule has 0 aliphatic carbocycles. The highest BCUT2D eigenvalue weighted by Crippen LogP contribution is 2.43. The van der Waals surface area contributed by atoms with Gasteiger partial charge in [-0.25, -0.2) is 9.78 Å². The van der Waals surface area contributed by atoms with Crippen molar-refractivity contribution in [3.8, 4) is 28.7 Å². The Hall–Kier alpha value is -3.31. The lowest BCUT2D eigenvalue weighted by Crippen LogP contribution is -2.21. The van der Waals surface area contributed by atoms with Crippen molar-refractivity contribution in [2.45, 2.75) is 32.9 Å². The van der Waals surface area contributed by atoms with Crippen LogP contribution < -0.4 is 20.5 Å². The summed E-state index contributed by atoms with van der Waals surface area (Å²) in [6.07, 6.45) is 1.86. The first kappa shape index (κ1) is 20.4. The molecule has 0 bridgehead atoms. The second kappa shape index (κ2) is 8.80. The molecule has 2 atom stereocenters. The third-order valence-electron chi connectivity index (χ3n) is 4.59. The number of nitrogens with zero attached hydrogens (tertiary/aromatic N) is 2. The summed E-state index contributed by atoms with van der Waals surface area (Å²) in [6.45, 7) is 4.75. The zero-order valence-corrected chi connectivity index (χ0v) is 16.7. The van der Waals surface area contributed by atoms with Crippen LogP contribution in [0.2, 0.25) is 0 Å². The van der Waals surface area contributed by atoms with Gasteiger partial charge in [-0.3, -0.25) is 5.32 Å². The van der Waals surface area contributed by atoms with Crippen molar-refractivity contribution >= 4 is 11.9 Å². The largest absolute Gasteiger partial charge is 0.492 e. The molecule has 1 aromatic carbocycles. The van der Waals surface area contributed by atoms with Gasteiger partial charge in [0, 0.05) is 23.4 Å². The van der Waals surface area contributed by atoms with Gasteiger partial charge in [0.2, 0.25) is 0 Å². The number of nitriles is 1. The topological polar surface area (TPSA) is 119 Å². The molecule has 8 heteroatoms. The number of aromatic nitrogens is 1. The summed E-state index contributed by atoms with van der Waals surface area (Å²) in [5.41, 5.74) is 8.62. The minimum atomic E-state index is -0.605. The van der Waals surface area contributed by atoms with E-state index in [2.05, 4.69) is 28.0 Å². The van der Waals surface area contributed by atoms with Gasteiger partial charge >= 0.3 is 6.09 Å². The van der Waals surface area contributed by atoms with Gasteiger partial charge in [0.05, 0.1) is 13.7 Å². The van der Waals surface area contributed by atoms with Gasteiger partial charge in [-0.05, 0) is 43.0 Å². The van der Waals surface area contributed by atoms with E-state index in [-0.39, 0.29) is 18.6 Å². The molecule has 3 N–H and O–H groups in total. The molecule has 0 radical (unpaired) electrons. The van der Waals surface area contributed by atoms with Crippen LogP contribution in [0.1, 0.15) is 31.4 Å². The molecular formula is C21H24N4O4. The van der Waals surface area contributed by atoms with E-state index >= 15 is 0 Å². The van der Waals surface area contributed by atoms with Crippen molar-refractivity contribution in [3.63, 3.8) is 0 Å². The van der Waals surface area contributed by atoms with E-state index < -0.39 is 6.09 Å². The minimum absolute atomic E-state index is 0.0915. The molecule has 29 heavy (non-hydrogen) atoms. The average Bonchev–Trinajstić information content (AvgIpc) is 2.70. The third kappa shape index (κ3) is 4.58. The number of benzene rings is 1. The Morgan fingerprint density at radius 2 is 2.21 bits per heavy atom. The van der Waals surface area contributed by atoms with Crippen LogP contribution in [0.25, 0.3) is 11.1 Å². The Labute approximate surface area is 169 Å². The van der Waals surface area contributed by atoms with Gasteiger partial charge < -0.3 is 19.9 Å². The Kier molecular flexibility index (Phi) is 6.20. The van der Waals surface area contributed by atoms with Gasteiger partial charge in [-0.15, -0.1) is 0 Å². The van der Waals surface area contributed by atoms with Gasteiger partial charge in [-0.1, -0.05) is 6.92 Å². The number of nitrogens with one attached hydrogen (secondary N) is 1. The molecule has 0 saturated carbocycles. The normalized spacial score (nSPS) is 13.8. The lowest BCUT2D eigenvalue weighted by Gasteiger charge is -2.23. The second-order valence-electron chi connectivity index (χ2n) is 7.19. The molecule has 8 nitrogen and oxygen atoms in total. The monoisotopic (exact) mass is 396 g/mol. The van der Waals surface area contributed by atoms with Crippen molar-refractivity contribution in [2.75, 3.05) is 19.0 Å². The van der Waals surface area contributed by atoms with Crippen LogP contribution in [-0.2, 0) is 11.3 Å². The molecule has 0 fully saturated rings. The summed E-state index contributed by atoms with van der Waals surface area (Å²) in [7, 11) is 1.28. The molecule has 0 spiro atoms. The number of fused-ring (bicyclic) bond motifs is 3. The first-order valence-electron chi connectivity index (χ1n) is 9.35. The van der Waals surface area contributed by atoms with E-state index in [9.17, 15) is 10.1 Å². The molecule has 0 saturated heterocycles. The third-order valence-corrected chi connectivity index (χ3v) is 4.59. The van der Waals surface area contributed by atoms with Crippen molar-refractivity contribution in [1.29, 1.82) is 5.26 Å². The fraction of sp³-hybridized carbons (Fsp3) is 0.381. The van der Waals surface area contributed by atoms with Gasteiger partial charge in [0.1, 0.15) is 35.6 Å². The molecule has 2 heterocycles. The summed E-state index contributed by atoms with van der Waals surface area (Å²) in [5.74, 6) is 1.56. The quantitative estimate of drug-likeness (QED) is 0.767. The lowest BCUT2D eigenvalue weighted by molar-refractivity contribution is 0.187. The number of amides is 1. The van der Waals surface area contributed by atoms with E-state index in [1.807, 2.05) is 13.0 Å². The fourth-order valence-electron chi connectivity index (χ4n) is 3.31. The molecule has 3 rings (SSSR count). The maximum Gasteiger partial charge on any atom is 0.412 e. The number of pyridine rings is 1. The number of hydrogen-bond acceptors (Lipinski definition) is 7. The fourth-order valence-corrected chi connectivity index (χ4v) is 3.31. The maximum absolute atomic E-state index is 11.5. The molecule has 2 aromatic rings. The highest BCUT2D eigenvalue weighted by atomic mass is 16.5. The number of hydrogen-bond donors (Lipinski definition) is 2. The zero-order chi connectivity index (χ0) is 21.0. The van der Waals surface area contributed by atoms with Gasteiger partial charge in [0.15, 0.2) is 0 Å². The lowest BCUT2D eigenvalue weighted by atomic mass is 9.96. The zero-order valence-electron chi connectivity index (χ0n) is 16.7. The number of methoxy groups -OCH3 is 1. The number of rotatable bonds is 6. The Morgan fingerprint density at radius 1 is 1.41 bits per heavy atom. The molecule has 152 valence electrons. The SMILES string of the molecule is COC(=O)Nc1cc2c(cn1)COc1c-2ccc(OCC(C)CC(C)N)c1C#N. The second-order valence-corrected chi connectivity index (χ2v) is 7.19. The molecule has 2 unspecified atom stereocenters. The average molecular weight is 396 g/mol. The molecule has 1 aliphatic heterocycles. The van der Waals surface area contributed by atoms with Crippen LogP contribution in [0, 0.1) is 17.2 Å². The molecule has 1 aliphatic rings. The van der Waals surface area contributed by atoms with Crippen molar-refractivity contribution in [1.82, 2.24) is 4.98 Å². The van der Waals surface area contributed by atoms with Crippen molar-refractivity contribution in [3.05, 3.63) is 35.5 Å². The van der Waals surface area contributed by atoms with E-state index in [1.165, 1.54) is 7.11 Å². The summed E-state index contributed by atoms with van der Waals surface area (Å²) < 4.78 is 16.4. The Morgan fingerprint density at radius 3 is 2.90 bits per heavy atom. The van der Waals surface area contributed by atoms with Crippen LogP contribution >= 0.6 is 0 Å². The van der Waals surface area contributed by atoms with Crippen LogP contribution in [0.5, 0.6) is 11.5 Å². The van der Waals surface area contributed by atoms with Crippen LogP contribution in [0.3, 0.4) is 0 Å². The Bertz CT molecular complexity index is 952. The van der Waals surface area contributed by atoms with Crippen molar-refractivity contribution < 1.29 is 19.0 Å². The molecule has 1 aromatic heterocycles. The number of ether oxygens (including phenoxy) is 3. The number of carbonyl (C=O) groups is 1. The number of anilines is 1. The molecular weight excluding hydrogens is 372 g/mol. The standard InChI is InChI=1S/C21H24N4O4/c1-12(6-13(2)23)10-28-18-5-4-15-16-7-19(25-21(26)27-3)24-9-14(16)11-29-20(15)17(18)8-22/h4-5,7,9,12-13H,6,10-11,23H2,1-3H3,(H,24,25,26). The Balaban J connectivity index is 1.90. The van der Waals surface area contributed by atoms with Crippen molar-refractivity contribution in [2.24, 2.45) is 11.7 Å². The van der Waals surface area contributed by atoms with Crippen LogP contribution in [0.15, 0.2) is 24.4 Å². The minimum Gasteiger partial charge on any atom is -0.492 e. The van der Waals surface area contributed by atoms with E-state index in [4.69, 9.17) is 15.2 Å². The molecule has 1 amide bonds. The predicted molar refractivity (Wildman–Crippen MR) is 108 cm³/mol. The predicted octanol–water partition coefficient (Wildman–Crippen LogP) is 3.44. The maximum atomic E-state index is 11.5. The summed E-state index contributed by atoms with van der Waals surface area (Å²) in [4.78, 5) is 15.7. The number of nitrogens with two attached hydrogens (primary N) is 1. The smallest absolute Gasteiger partial charge is 0.412 e. The summed E-state index contributed by atoms with van der Waals surface area (Å²) >= 11 is 0. The number of carbonyl (C=O) groups excluding carboxylic acids is 1. The first-order valence-corrected chi connectivity index (χ1v) is 9.35. The summed E-state index contributed by atoms with van der Waals surface area (Å²) in [6, 6.07) is 7.64. The van der Waals surface area contributed by atoms with Crippen LogP contribution in [0.4, 0.5) is 10.6 Å². The van der Waals surface area contributed by atoms with Gasteiger partial charge in [-0.2, -0.15) is 5.26 Å². The van der Waals surface area contributed by atoms with Crippen LogP contribution in [-0.4, -0.2) is 30.8 Å². The first-order chi connectivity index (χ1) is 13.9. The summed E-state index contributed by atoms with van der Waals surface area (Å²) in [5, 5.41) is 12.3. The van der Waals surface area contributed by atoms with E-state index in [0.717, 1.165) is 23.1 Å². The highest BCUT2D eigenvalue weighted by Gasteiger charge is 2.24. The van der Waals surface area contributed by atoms with E-state index in [1.54, 1.807) is 18.3 Å². The van der Waals surface area contributed by atoms with Gasteiger partial charge in [0.25, 0.3) is 0 Å².